The molecule has 0 bridgehead atoms. The number of hydrogen-bond acceptors (Lipinski definition) is 2. The van der Waals surface area contributed by atoms with Crippen molar-refractivity contribution in [2.24, 2.45) is 0 Å². The minimum absolute atomic E-state index is 0.464. The Hall–Kier alpha value is 0.650. The maximum atomic E-state index is 5.18. The standard InChI is InChI=1S/C6H12INO/c1-5-3-6(9-7)4-8(5)2/h5-6H,3-4H2,1-2H3/t5?,6-/m0/s1. The molecular weight excluding hydrogens is 229 g/mol. The molecule has 9 heavy (non-hydrogen) atoms. The fourth-order valence-corrected chi connectivity index (χ4v) is 1.57. The third kappa shape index (κ3) is 1.78. The fourth-order valence-electron chi connectivity index (χ4n) is 1.20. The van der Waals surface area contributed by atoms with Crippen LogP contribution in [0.1, 0.15) is 13.3 Å². The molecular formula is C6H12INO. The third-order valence-electron chi connectivity index (χ3n) is 1.97. The first-order valence-corrected chi connectivity index (χ1v) is 4.09. The minimum atomic E-state index is 0.464. The van der Waals surface area contributed by atoms with Gasteiger partial charge in [-0.1, -0.05) is 0 Å². The second kappa shape index (κ2) is 3.16. The van der Waals surface area contributed by atoms with Crippen LogP contribution in [0.4, 0.5) is 0 Å². The normalized spacial score (nSPS) is 37.7. The summed E-state index contributed by atoms with van der Waals surface area (Å²) in [4.78, 5) is 2.32. The van der Waals surface area contributed by atoms with Crippen molar-refractivity contribution in [3.63, 3.8) is 0 Å². The largest absolute Gasteiger partial charge is 0.311 e. The molecule has 3 heteroatoms. The van der Waals surface area contributed by atoms with Crippen molar-refractivity contribution in [3.05, 3.63) is 0 Å². The van der Waals surface area contributed by atoms with Crippen LogP contribution in [-0.4, -0.2) is 30.6 Å². The number of halogens is 1. The van der Waals surface area contributed by atoms with Gasteiger partial charge in [-0.2, -0.15) is 0 Å². The van der Waals surface area contributed by atoms with E-state index in [0.717, 1.165) is 6.54 Å². The number of likely N-dealkylation sites (N-methyl/N-ethyl adjacent to an activating group) is 1. The zero-order valence-corrected chi connectivity index (χ0v) is 7.96. The van der Waals surface area contributed by atoms with Crippen LogP contribution in [0.3, 0.4) is 0 Å². The molecule has 2 nitrogen and oxygen atoms in total. The van der Waals surface area contributed by atoms with Crippen molar-refractivity contribution in [3.8, 4) is 0 Å². The van der Waals surface area contributed by atoms with Gasteiger partial charge < -0.3 is 7.97 Å². The first-order chi connectivity index (χ1) is 4.24. The zero-order valence-electron chi connectivity index (χ0n) is 5.80. The molecule has 0 aliphatic carbocycles. The highest BCUT2D eigenvalue weighted by molar-refractivity contribution is 14.1. The summed E-state index contributed by atoms with van der Waals surface area (Å²) in [5.74, 6) is 0. The topological polar surface area (TPSA) is 12.5 Å². The van der Waals surface area contributed by atoms with Gasteiger partial charge in [0.25, 0.3) is 0 Å². The molecule has 1 unspecified atom stereocenters. The first kappa shape index (κ1) is 7.75. The van der Waals surface area contributed by atoms with E-state index in [4.69, 9.17) is 3.07 Å². The maximum Gasteiger partial charge on any atom is 0.110 e. The SMILES string of the molecule is CC1C[C@H](OI)CN1C. The smallest absolute Gasteiger partial charge is 0.110 e. The molecule has 0 radical (unpaired) electrons. The molecule has 0 aromatic heterocycles. The van der Waals surface area contributed by atoms with E-state index in [-0.39, 0.29) is 0 Å². The highest BCUT2D eigenvalue weighted by Gasteiger charge is 2.25. The minimum Gasteiger partial charge on any atom is -0.311 e. The van der Waals surface area contributed by atoms with Crippen molar-refractivity contribution in [1.82, 2.24) is 4.90 Å². The number of nitrogens with zero attached hydrogens (tertiary/aromatic N) is 1. The lowest BCUT2D eigenvalue weighted by atomic mass is 10.2. The zero-order chi connectivity index (χ0) is 6.85. The monoisotopic (exact) mass is 241 g/mol. The molecule has 2 atom stereocenters. The molecule has 0 N–H and O–H groups in total. The van der Waals surface area contributed by atoms with E-state index in [1.54, 1.807) is 0 Å². The molecule has 1 heterocycles. The van der Waals surface area contributed by atoms with Crippen LogP contribution in [0.15, 0.2) is 0 Å². The molecule has 0 spiro atoms. The number of likely N-dealkylation sites (tertiary alicyclic amines) is 1. The third-order valence-corrected chi connectivity index (χ3v) is 2.69. The Kier molecular flexibility index (Phi) is 2.73. The Morgan fingerprint density at radius 1 is 1.67 bits per heavy atom. The Morgan fingerprint density at radius 2 is 2.33 bits per heavy atom. The quantitative estimate of drug-likeness (QED) is 0.644. The summed E-state index contributed by atoms with van der Waals surface area (Å²) in [6.45, 7) is 3.32. The molecule has 0 aromatic rings. The van der Waals surface area contributed by atoms with Crippen LogP contribution in [0.5, 0.6) is 0 Å². The second-order valence-electron chi connectivity index (χ2n) is 2.74. The van der Waals surface area contributed by atoms with Crippen molar-refractivity contribution in [2.75, 3.05) is 13.6 Å². The van der Waals surface area contributed by atoms with Crippen LogP contribution in [0.25, 0.3) is 0 Å². The van der Waals surface area contributed by atoms with Gasteiger partial charge in [-0.3, -0.25) is 0 Å². The molecule has 0 saturated carbocycles. The van der Waals surface area contributed by atoms with Crippen LogP contribution in [0, 0.1) is 0 Å². The van der Waals surface area contributed by atoms with E-state index < -0.39 is 0 Å². The summed E-state index contributed by atoms with van der Waals surface area (Å²) in [5, 5.41) is 0. The molecule has 54 valence electrons. The molecule has 1 aliphatic heterocycles. The van der Waals surface area contributed by atoms with E-state index in [0.29, 0.717) is 12.1 Å². The average Bonchev–Trinajstić information content (AvgIpc) is 2.13. The Bertz CT molecular complexity index is 89.1. The van der Waals surface area contributed by atoms with Crippen LogP contribution in [0.2, 0.25) is 0 Å². The lowest BCUT2D eigenvalue weighted by Crippen LogP contribution is -2.22. The molecule has 0 aromatic carbocycles. The van der Waals surface area contributed by atoms with E-state index in [1.807, 2.05) is 23.0 Å². The van der Waals surface area contributed by atoms with Crippen molar-refractivity contribution in [2.45, 2.75) is 25.5 Å². The summed E-state index contributed by atoms with van der Waals surface area (Å²) in [6, 6.07) is 0.699. The van der Waals surface area contributed by atoms with E-state index in [1.165, 1.54) is 6.42 Å². The number of rotatable bonds is 1. The van der Waals surface area contributed by atoms with E-state index >= 15 is 0 Å². The summed E-state index contributed by atoms with van der Waals surface area (Å²) >= 11 is 1.98. The lowest BCUT2D eigenvalue weighted by molar-refractivity contribution is 0.276. The summed E-state index contributed by atoms with van der Waals surface area (Å²) in [7, 11) is 2.14. The fraction of sp³-hybridized carbons (Fsp3) is 1.00. The highest BCUT2D eigenvalue weighted by atomic mass is 127. The predicted octanol–water partition coefficient (Wildman–Crippen LogP) is 1.45. The van der Waals surface area contributed by atoms with Crippen LogP contribution < -0.4 is 0 Å². The van der Waals surface area contributed by atoms with Gasteiger partial charge in [-0.15, -0.1) is 0 Å². The van der Waals surface area contributed by atoms with Gasteiger partial charge in [0.05, 0.1) is 6.10 Å². The lowest BCUT2D eigenvalue weighted by Gasteiger charge is -2.11. The summed E-state index contributed by atoms with van der Waals surface area (Å²) in [6.07, 6.45) is 1.64. The maximum absolute atomic E-state index is 5.18. The van der Waals surface area contributed by atoms with Crippen molar-refractivity contribution < 1.29 is 3.07 Å². The predicted molar refractivity (Wildman–Crippen MR) is 45.6 cm³/mol. The molecule has 1 rings (SSSR count). The Morgan fingerprint density at radius 3 is 2.56 bits per heavy atom. The Balaban J connectivity index is 2.35. The molecule has 1 saturated heterocycles. The van der Waals surface area contributed by atoms with Crippen molar-refractivity contribution >= 4 is 23.0 Å². The first-order valence-electron chi connectivity index (χ1n) is 3.21. The Labute approximate surface area is 70.2 Å². The number of hydrogen-bond donors (Lipinski definition) is 0. The van der Waals surface area contributed by atoms with E-state index in [2.05, 4.69) is 18.9 Å². The van der Waals surface area contributed by atoms with Gasteiger partial charge in [-0.25, -0.2) is 0 Å². The summed E-state index contributed by atoms with van der Waals surface area (Å²) in [5.41, 5.74) is 0. The summed E-state index contributed by atoms with van der Waals surface area (Å²) < 4.78 is 5.18. The molecule has 1 aliphatic rings. The average molecular weight is 241 g/mol. The van der Waals surface area contributed by atoms with Gasteiger partial charge >= 0.3 is 0 Å². The van der Waals surface area contributed by atoms with E-state index in [9.17, 15) is 0 Å². The van der Waals surface area contributed by atoms with Crippen molar-refractivity contribution in [1.29, 1.82) is 0 Å². The van der Waals surface area contributed by atoms with Crippen LogP contribution in [-0.2, 0) is 3.07 Å². The van der Waals surface area contributed by atoms with Gasteiger partial charge in [0.1, 0.15) is 23.0 Å². The van der Waals surface area contributed by atoms with Crippen LogP contribution >= 0.6 is 23.0 Å². The van der Waals surface area contributed by atoms with Gasteiger partial charge in [0.2, 0.25) is 0 Å². The van der Waals surface area contributed by atoms with Gasteiger partial charge in [0.15, 0.2) is 0 Å². The van der Waals surface area contributed by atoms with Gasteiger partial charge in [-0.05, 0) is 20.4 Å². The highest BCUT2D eigenvalue weighted by Crippen LogP contribution is 2.19. The molecule has 1 fully saturated rings. The van der Waals surface area contributed by atoms with Gasteiger partial charge in [0, 0.05) is 12.6 Å². The second-order valence-corrected chi connectivity index (χ2v) is 3.24. The molecule has 0 amide bonds.